The van der Waals surface area contributed by atoms with Crippen molar-refractivity contribution in [3.8, 4) is 0 Å². The molecular formula is C13H19N3O3. The number of carboxylic acid groups (broad SMARTS) is 1. The zero-order valence-corrected chi connectivity index (χ0v) is 11.0. The van der Waals surface area contributed by atoms with Crippen LogP contribution in [0.4, 0.5) is 0 Å². The number of carbonyl (C=O) groups excluding carboxylic acids is 1. The van der Waals surface area contributed by atoms with E-state index in [1.165, 1.54) is 18.7 Å². The maximum absolute atomic E-state index is 11.7. The van der Waals surface area contributed by atoms with Crippen molar-refractivity contribution < 1.29 is 14.7 Å². The molecule has 1 heterocycles. The van der Waals surface area contributed by atoms with Crippen LogP contribution >= 0.6 is 0 Å². The van der Waals surface area contributed by atoms with Crippen molar-refractivity contribution in [3.63, 3.8) is 0 Å². The Morgan fingerprint density at radius 2 is 2.00 bits per heavy atom. The van der Waals surface area contributed by atoms with Crippen LogP contribution in [0.5, 0.6) is 0 Å². The summed E-state index contributed by atoms with van der Waals surface area (Å²) in [5, 5.41) is 11.4. The molecule has 0 spiro atoms. The van der Waals surface area contributed by atoms with Crippen molar-refractivity contribution in [2.45, 2.75) is 32.6 Å². The van der Waals surface area contributed by atoms with E-state index < -0.39 is 5.97 Å². The van der Waals surface area contributed by atoms with Gasteiger partial charge < -0.3 is 10.4 Å². The van der Waals surface area contributed by atoms with Gasteiger partial charge in [-0.3, -0.25) is 9.59 Å². The topological polar surface area (TPSA) is 92.2 Å². The molecule has 1 amide bonds. The van der Waals surface area contributed by atoms with E-state index >= 15 is 0 Å². The van der Waals surface area contributed by atoms with E-state index in [1.54, 1.807) is 0 Å². The highest BCUT2D eigenvalue weighted by Gasteiger charge is 2.10. The predicted molar refractivity (Wildman–Crippen MR) is 69.6 cm³/mol. The number of carbonyl (C=O) groups is 2. The number of nitrogens with zero attached hydrogens (tertiary/aromatic N) is 2. The van der Waals surface area contributed by atoms with Gasteiger partial charge in [-0.25, -0.2) is 9.97 Å². The van der Waals surface area contributed by atoms with Gasteiger partial charge in [0.05, 0.1) is 5.56 Å². The van der Waals surface area contributed by atoms with Gasteiger partial charge in [-0.15, -0.1) is 0 Å². The lowest BCUT2D eigenvalue weighted by Crippen LogP contribution is -2.26. The normalized spacial score (nSPS) is 11.8. The maximum Gasteiger partial charge on any atom is 0.303 e. The molecule has 104 valence electrons. The first-order chi connectivity index (χ1) is 9.13. The fraction of sp³-hybridized carbons (Fsp3) is 0.538. The maximum atomic E-state index is 11.7. The second-order valence-electron chi connectivity index (χ2n) is 4.38. The van der Waals surface area contributed by atoms with E-state index in [1.807, 2.05) is 6.92 Å². The average Bonchev–Trinajstić information content (AvgIpc) is 2.43. The molecule has 1 aromatic heterocycles. The van der Waals surface area contributed by atoms with Crippen molar-refractivity contribution in [2.75, 3.05) is 6.54 Å². The van der Waals surface area contributed by atoms with Crippen molar-refractivity contribution in [1.29, 1.82) is 0 Å². The first kappa shape index (κ1) is 15.1. The number of hydrogen-bond acceptors (Lipinski definition) is 4. The highest BCUT2D eigenvalue weighted by atomic mass is 16.4. The van der Waals surface area contributed by atoms with E-state index in [4.69, 9.17) is 5.11 Å². The minimum atomic E-state index is -0.774. The highest BCUT2D eigenvalue weighted by Crippen LogP contribution is 2.14. The number of hydrogen-bond donors (Lipinski definition) is 2. The lowest BCUT2D eigenvalue weighted by Gasteiger charge is -2.13. The van der Waals surface area contributed by atoms with E-state index in [0.29, 0.717) is 24.4 Å². The van der Waals surface area contributed by atoms with Gasteiger partial charge in [0.1, 0.15) is 6.33 Å². The van der Waals surface area contributed by atoms with Crippen LogP contribution < -0.4 is 5.32 Å². The number of aliphatic carboxylic acids is 1. The molecule has 0 aliphatic rings. The van der Waals surface area contributed by atoms with Gasteiger partial charge in [0.25, 0.3) is 5.91 Å². The first-order valence-corrected chi connectivity index (χ1v) is 6.38. The molecule has 6 nitrogen and oxygen atoms in total. The third-order valence-corrected chi connectivity index (χ3v) is 3.00. The Labute approximate surface area is 112 Å². The van der Waals surface area contributed by atoms with Crippen LogP contribution in [-0.2, 0) is 4.79 Å². The smallest absolute Gasteiger partial charge is 0.303 e. The Balaban J connectivity index is 2.28. The molecule has 0 fully saturated rings. The van der Waals surface area contributed by atoms with Crippen LogP contribution in [0.2, 0.25) is 0 Å². The Bertz CT molecular complexity index is 409. The second kappa shape index (κ2) is 8.18. The van der Waals surface area contributed by atoms with Gasteiger partial charge in [0.2, 0.25) is 0 Å². The van der Waals surface area contributed by atoms with Gasteiger partial charge in [-0.05, 0) is 18.8 Å². The standard InChI is InChI=1S/C13H19N3O3/c1-2-10(3-4-12(17)18)5-6-16-13(19)11-7-14-9-15-8-11/h7-10H,2-6H2,1H3,(H,16,19)(H,17,18). The van der Waals surface area contributed by atoms with Crippen molar-refractivity contribution >= 4 is 11.9 Å². The molecule has 0 saturated carbocycles. The minimum Gasteiger partial charge on any atom is -0.481 e. The summed E-state index contributed by atoms with van der Waals surface area (Å²) < 4.78 is 0. The molecule has 1 rings (SSSR count). The van der Waals surface area contributed by atoms with Crippen LogP contribution in [0.1, 0.15) is 43.0 Å². The molecule has 1 aromatic rings. The van der Waals surface area contributed by atoms with Crippen LogP contribution in [0, 0.1) is 5.92 Å². The Morgan fingerprint density at radius 3 is 2.58 bits per heavy atom. The van der Waals surface area contributed by atoms with Gasteiger partial charge in [0, 0.05) is 25.4 Å². The third kappa shape index (κ3) is 5.94. The SMILES string of the molecule is CCC(CCNC(=O)c1cncnc1)CCC(=O)O. The van der Waals surface area contributed by atoms with Crippen LogP contribution in [0.25, 0.3) is 0 Å². The summed E-state index contributed by atoms with van der Waals surface area (Å²) in [5.74, 6) is -0.652. The monoisotopic (exact) mass is 265 g/mol. The summed E-state index contributed by atoms with van der Waals surface area (Å²) in [6.45, 7) is 2.56. The molecule has 0 aliphatic heterocycles. The molecule has 0 aromatic carbocycles. The predicted octanol–water partition coefficient (Wildman–Crippen LogP) is 1.49. The van der Waals surface area contributed by atoms with Crippen LogP contribution in [0.3, 0.4) is 0 Å². The fourth-order valence-corrected chi connectivity index (χ4v) is 1.79. The largest absolute Gasteiger partial charge is 0.481 e. The lowest BCUT2D eigenvalue weighted by molar-refractivity contribution is -0.137. The number of carboxylic acids is 1. The van der Waals surface area contributed by atoms with Crippen molar-refractivity contribution in [3.05, 3.63) is 24.3 Å². The number of nitrogens with one attached hydrogen (secondary N) is 1. The molecule has 1 unspecified atom stereocenters. The van der Waals surface area contributed by atoms with Crippen LogP contribution in [-0.4, -0.2) is 33.5 Å². The fourth-order valence-electron chi connectivity index (χ4n) is 1.79. The summed E-state index contributed by atoms with van der Waals surface area (Å²) in [7, 11) is 0. The summed E-state index contributed by atoms with van der Waals surface area (Å²) in [5.41, 5.74) is 0.432. The van der Waals surface area contributed by atoms with Crippen molar-refractivity contribution in [2.24, 2.45) is 5.92 Å². The summed E-state index contributed by atoms with van der Waals surface area (Å²) in [4.78, 5) is 29.8. The molecule has 0 radical (unpaired) electrons. The molecule has 0 bridgehead atoms. The third-order valence-electron chi connectivity index (χ3n) is 3.00. The molecule has 19 heavy (non-hydrogen) atoms. The lowest BCUT2D eigenvalue weighted by atomic mass is 9.96. The molecule has 1 atom stereocenters. The van der Waals surface area contributed by atoms with Crippen LogP contribution in [0.15, 0.2) is 18.7 Å². The van der Waals surface area contributed by atoms with Gasteiger partial charge in [-0.1, -0.05) is 13.3 Å². The minimum absolute atomic E-state index is 0.180. The summed E-state index contributed by atoms with van der Waals surface area (Å²) in [6, 6.07) is 0. The highest BCUT2D eigenvalue weighted by molar-refractivity contribution is 5.93. The Kier molecular flexibility index (Phi) is 6.49. The molecule has 2 N–H and O–H groups in total. The molecule has 6 heteroatoms. The number of amides is 1. The van der Waals surface area contributed by atoms with Gasteiger partial charge in [0.15, 0.2) is 0 Å². The van der Waals surface area contributed by atoms with E-state index in [9.17, 15) is 9.59 Å². The average molecular weight is 265 g/mol. The number of aromatic nitrogens is 2. The number of rotatable bonds is 8. The Morgan fingerprint density at radius 1 is 1.32 bits per heavy atom. The van der Waals surface area contributed by atoms with E-state index in [0.717, 1.165) is 12.8 Å². The van der Waals surface area contributed by atoms with E-state index in [-0.39, 0.29) is 12.3 Å². The van der Waals surface area contributed by atoms with Gasteiger partial charge in [-0.2, -0.15) is 0 Å². The zero-order chi connectivity index (χ0) is 14.1. The van der Waals surface area contributed by atoms with Crippen molar-refractivity contribution in [1.82, 2.24) is 15.3 Å². The van der Waals surface area contributed by atoms with Gasteiger partial charge >= 0.3 is 5.97 Å². The Hall–Kier alpha value is -1.98. The zero-order valence-electron chi connectivity index (χ0n) is 11.0. The quantitative estimate of drug-likeness (QED) is 0.743. The summed E-state index contributed by atoms with van der Waals surface area (Å²) >= 11 is 0. The van der Waals surface area contributed by atoms with E-state index in [2.05, 4.69) is 15.3 Å². The molecule has 0 saturated heterocycles. The first-order valence-electron chi connectivity index (χ1n) is 6.38. The summed E-state index contributed by atoms with van der Waals surface area (Å²) in [6.07, 6.45) is 6.82. The molecular weight excluding hydrogens is 246 g/mol. The molecule has 0 aliphatic carbocycles. The second-order valence-corrected chi connectivity index (χ2v) is 4.38.